The van der Waals surface area contributed by atoms with Crippen molar-refractivity contribution in [2.45, 2.75) is 50.0 Å². The topological polar surface area (TPSA) is 78.0 Å². The normalized spacial score (nSPS) is 20.3. The van der Waals surface area contributed by atoms with E-state index < -0.39 is 10.0 Å². The van der Waals surface area contributed by atoms with Crippen LogP contribution in [-0.4, -0.2) is 60.5 Å². The van der Waals surface area contributed by atoms with Gasteiger partial charge in [0.05, 0.1) is 17.4 Å². The van der Waals surface area contributed by atoms with Crippen molar-refractivity contribution in [1.29, 1.82) is 0 Å². The number of rotatable bonds is 4. The first kappa shape index (κ1) is 23.8. The largest absolute Gasteiger partial charge is 0.340 e. The Labute approximate surface area is 207 Å². The zero-order chi connectivity index (χ0) is 24.6. The number of sulfonamides is 1. The van der Waals surface area contributed by atoms with Gasteiger partial charge in [-0.15, -0.1) is 0 Å². The third-order valence-corrected chi connectivity index (χ3v) is 9.28. The molecule has 0 spiro atoms. The second-order valence-corrected chi connectivity index (χ2v) is 11.5. The van der Waals surface area contributed by atoms with Gasteiger partial charge >= 0.3 is 0 Å². The number of carbonyl (C=O) groups excluding carboxylic acids is 2. The fourth-order valence-corrected chi connectivity index (χ4v) is 6.88. The molecule has 0 N–H and O–H groups in total. The maximum Gasteiger partial charge on any atom is 0.243 e. The molecule has 0 bridgehead atoms. The van der Waals surface area contributed by atoms with E-state index in [0.717, 1.165) is 42.4 Å². The molecule has 0 radical (unpaired) electrons. The van der Waals surface area contributed by atoms with Crippen LogP contribution in [0, 0.1) is 0 Å². The first-order valence-electron chi connectivity index (χ1n) is 12.3. The number of nitrogens with zero attached hydrogens (tertiary/aromatic N) is 3. The van der Waals surface area contributed by atoms with Crippen molar-refractivity contribution in [3.8, 4) is 0 Å². The number of piperazine rings is 1. The molecule has 1 saturated heterocycles. The summed E-state index contributed by atoms with van der Waals surface area (Å²) < 4.78 is 28.1. The first-order valence-corrected chi connectivity index (χ1v) is 13.7. The van der Waals surface area contributed by atoms with Crippen molar-refractivity contribution in [2.24, 2.45) is 0 Å². The standard InChI is InChI=1S/C27H31N3O4S/c1-20(31)30-13-12-22-7-4-5-9-25(22)26(30)19-27(32)28-14-16-29(17-15-28)35(33,34)24-11-10-21-6-2-3-8-23(21)18-24/h4-5,7,9-13,18,26H,2-3,6,8,14-17,19H2,1H3/t26-/m1/s1. The number of aryl methyl sites for hydroxylation is 2. The van der Waals surface area contributed by atoms with Crippen molar-refractivity contribution in [3.63, 3.8) is 0 Å². The van der Waals surface area contributed by atoms with Crippen LogP contribution in [0.15, 0.2) is 53.6 Å². The van der Waals surface area contributed by atoms with Crippen molar-refractivity contribution < 1.29 is 18.0 Å². The van der Waals surface area contributed by atoms with Gasteiger partial charge in [-0.05, 0) is 66.1 Å². The van der Waals surface area contributed by atoms with Crippen LogP contribution in [0.25, 0.3) is 6.08 Å². The SMILES string of the molecule is CC(=O)N1C=Cc2ccccc2[C@H]1CC(=O)N1CCN(S(=O)(=O)c2ccc3c(c2)CCCC3)CC1. The maximum atomic E-state index is 13.3. The summed E-state index contributed by atoms with van der Waals surface area (Å²) in [6.45, 7) is 2.71. The Kier molecular flexibility index (Phi) is 6.51. The highest BCUT2D eigenvalue weighted by atomic mass is 32.2. The zero-order valence-corrected chi connectivity index (χ0v) is 20.8. The quantitative estimate of drug-likeness (QED) is 0.654. The van der Waals surface area contributed by atoms with E-state index in [2.05, 4.69) is 0 Å². The van der Waals surface area contributed by atoms with Crippen LogP contribution in [0.1, 0.15) is 54.5 Å². The molecule has 2 aromatic carbocycles. The number of amides is 2. The molecule has 35 heavy (non-hydrogen) atoms. The monoisotopic (exact) mass is 493 g/mol. The number of fused-ring (bicyclic) bond motifs is 2. The minimum absolute atomic E-state index is 0.0721. The molecule has 0 saturated carbocycles. The van der Waals surface area contributed by atoms with Crippen LogP contribution in [0.5, 0.6) is 0 Å². The Balaban J connectivity index is 1.26. The number of benzene rings is 2. The van der Waals surface area contributed by atoms with Crippen molar-refractivity contribution in [3.05, 3.63) is 70.9 Å². The summed E-state index contributed by atoms with van der Waals surface area (Å²) in [5.41, 5.74) is 4.35. The Morgan fingerprint density at radius 2 is 1.66 bits per heavy atom. The van der Waals surface area contributed by atoms with Gasteiger partial charge in [0.2, 0.25) is 21.8 Å². The number of hydrogen-bond donors (Lipinski definition) is 0. The molecule has 1 aliphatic carbocycles. The van der Waals surface area contributed by atoms with Crippen LogP contribution in [0.3, 0.4) is 0 Å². The fourth-order valence-electron chi connectivity index (χ4n) is 5.40. The van der Waals surface area contributed by atoms with Crippen molar-refractivity contribution in [2.75, 3.05) is 26.2 Å². The average Bonchev–Trinajstić information content (AvgIpc) is 2.88. The summed E-state index contributed by atoms with van der Waals surface area (Å²) in [7, 11) is -3.60. The van der Waals surface area contributed by atoms with Gasteiger partial charge in [-0.2, -0.15) is 4.31 Å². The number of carbonyl (C=O) groups is 2. The molecule has 8 heteroatoms. The average molecular weight is 494 g/mol. The lowest BCUT2D eigenvalue weighted by Gasteiger charge is -2.37. The summed E-state index contributed by atoms with van der Waals surface area (Å²) >= 11 is 0. The van der Waals surface area contributed by atoms with Crippen molar-refractivity contribution in [1.82, 2.24) is 14.1 Å². The smallest absolute Gasteiger partial charge is 0.243 e. The third-order valence-electron chi connectivity index (χ3n) is 7.39. The molecule has 5 rings (SSSR count). The second kappa shape index (κ2) is 9.59. The summed E-state index contributed by atoms with van der Waals surface area (Å²) in [5.74, 6) is -0.188. The Bertz CT molecular complexity index is 1280. The number of hydrogen-bond acceptors (Lipinski definition) is 4. The first-order chi connectivity index (χ1) is 16.8. The third kappa shape index (κ3) is 4.65. The van der Waals surface area contributed by atoms with E-state index in [1.54, 1.807) is 22.1 Å². The molecule has 2 aliphatic heterocycles. The molecule has 2 amide bonds. The maximum absolute atomic E-state index is 13.3. The molecule has 2 heterocycles. The van der Waals surface area contributed by atoms with E-state index in [9.17, 15) is 18.0 Å². The van der Waals surface area contributed by atoms with E-state index in [-0.39, 0.29) is 37.4 Å². The van der Waals surface area contributed by atoms with Crippen LogP contribution < -0.4 is 0 Å². The molecular formula is C27H31N3O4S. The van der Waals surface area contributed by atoms with Gasteiger partial charge in [0.1, 0.15) is 0 Å². The highest BCUT2D eigenvalue weighted by molar-refractivity contribution is 7.89. The summed E-state index contributed by atoms with van der Waals surface area (Å²) in [5, 5.41) is 0. The van der Waals surface area contributed by atoms with Gasteiger partial charge in [0, 0.05) is 39.3 Å². The lowest BCUT2D eigenvalue weighted by molar-refractivity contribution is -0.135. The van der Waals surface area contributed by atoms with E-state index in [1.165, 1.54) is 16.8 Å². The van der Waals surface area contributed by atoms with Gasteiger partial charge in [-0.25, -0.2) is 8.42 Å². The van der Waals surface area contributed by atoms with Crippen LogP contribution >= 0.6 is 0 Å². The molecule has 1 atom stereocenters. The summed E-state index contributed by atoms with van der Waals surface area (Å²) in [4.78, 5) is 29.1. The van der Waals surface area contributed by atoms with Crippen LogP contribution in [0.4, 0.5) is 0 Å². The minimum atomic E-state index is -3.60. The van der Waals surface area contributed by atoms with E-state index in [0.29, 0.717) is 18.0 Å². The Hall–Kier alpha value is -2.97. The molecule has 7 nitrogen and oxygen atoms in total. The molecule has 2 aromatic rings. The summed E-state index contributed by atoms with van der Waals surface area (Å²) in [6, 6.07) is 12.9. The van der Waals surface area contributed by atoms with Crippen molar-refractivity contribution >= 4 is 27.9 Å². The highest BCUT2D eigenvalue weighted by Gasteiger charge is 2.34. The predicted octanol–water partition coefficient (Wildman–Crippen LogP) is 3.36. The van der Waals surface area contributed by atoms with E-state index >= 15 is 0 Å². The molecule has 0 unspecified atom stereocenters. The van der Waals surface area contributed by atoms with Gasteiger partial charge in [0.15, 0.2) is 0 Å². The molecule has 184 valence electrons. The van der Waals surface area contributed by atoms with Gasteiger partial charge in [-0.1, -0.05) is 30.3 Å². The van der Waals surface area contributed by atoms with Gasteiger partial charge in [0.25, 0.3) is 0 Å². The van der Waals surface area contributed by atoms with Gasteiger partial charge in [-0.3, -0.25) is 9.59 Å². The lowest BCUT2D eigenvalue weighted by Crippen LogP contribution is -2.51. The van der Waals surface area contributed by atoms with E-state index in [4.69, 9.17) is 0 Å². The molecule has 1 fully saturated rings. The van der Waals surface area contributed by atoms with Crippen LogP contribution in [-0.2, 0) is 32.5 Å². The molecule has 0 aromatic heterocycles. The van der Waals surface area contributed by atoms with Gasteiger partial charge < -0.3 is 9.80 Å². The highest BCUT2D eigenvalue weighted by Crippen LogP contribution is 2.33. The minimum Gasteiger partial charge on any atom is -0.340 e. The zero-order valence-electron chi connectivity index (χ0n) is 20.0. The Morgan fingerprint density at radius 3 is 2.40 bits per heavy atom. The second-order valence-electron chi connectivity index (χ2n) is 9.51. The molecule has 3 aliphatic rings. The Morgan fingerprint density at radius 1 is 0.943 bits per heavy atom. The van der Waals surface area contributed by atoms with Crippen LogP contribution in [0.2, 0.25) is 0 Å². The fraction of sp³-hybridized carbons (Fsp3) is 0.407. The predicted molar refractivity (Wildman–Crippen MR) is 134 cm³/mol. The summed E-state index contributed by atoms with van der Waals surface area (Å²) in [6.07, 6.45) is 7.99. The molecular weight excluding hydrogens is 462 g/mol. The lowest BCUT2D eigenvalue weighted by atomic mass is 9.92. The van der Waals surface area contributed by atoms with E-state index in [1.807, 2.05) is 42.5 Å².